The fourth-order valence-electron chi connectivity index (χ4n) is 2.91. The molecule has 3 rings (SSSR count). The molecule has 0 bridgehead atoms. The smallest absolute Gasteiger partial charge is 0.370 e. The molecule has 9 nitrogen and oxygen atoms in total. The third-order valence-corrected chi connectivity index (χ3v) is 6.46. The third-order valence-electron chi connectivity index (χ3n) is 4.35. The number of benzene rings is 1. The number of ether oxygens (including phenoxy) is 3. The van der Waals surface area contributed by atoms with E-state index >= 15 is 0 Å². The number of rotatable bonds is 5. The molecule has 0 amide bonds. The largest absolute Gasteiger partial charge is 0.523 e. The molecule has 1 unspecified atom stereocenters. The minimum atomic E-state index is -6.39. The van der Waals surface area contributed by atoms with Gasteiger partial charge in [-0.1, -0.05) is 30.3 Å². The van der Waals surface area contributed by atoms with E-state index in [1.165, 1.54) is 12.1 Å². The topological polar surface area (TPSA) is 114 Å². The minimum Gasteiger partial charge on any atom is -0.370 e. The average Bonchev–Trinajstić information content (AvgIpc) is 2.68. The molecule has 0 spiro atoms. The van der Waals surface area contributed by atoms with Crippen LogP contribution in [0, 0.1) is 0 Å². The van der Waals surface area contributed by atoms with E-state index < -0.39 is 68.6 Å². The van der Waals surface area contributed by atoms with Crippen molar-refractivity contribution in [3.63, 3.8) is 0 Å². The summed E-state index contributed by atoms with van der Waals surface area (Å²) < 4.78 is 147. The summed E-state index contributed by atoms with van der Waals surface area (Å²) >= 11 is 0. The molecule has 2 aliphatic rings. The van der Waals surface area contributed by atoms with Gasteiger partial charge in [0.05, 0.1) is 13.2 Å². The van der Waals surface area contributed by atoms with Crippen LogP contribution in [0.15, 0.2) is 30.3 Å². The van der Waals surface area contributed by atoms with Gasteiger partial charge in [-0.3, -0.25) is 8.37 Å². The Labute approximate surface area is 177 Å². The maximum atomic E-state index is 12.9. The molecule has 182 valence electrons. The Kier molecular flexibility index (Phi) is 6.83. The highest BCUT2D eigenvalue weighted by molar-refractivity contribution is 7.88. The van der Waals surface area contributed by atoms with E-state index in [0.29, 0.717) is 5.56 Å². The molecular weight excluding hydrogens is 502 g/mol. The monoisotopic (exact) mass is 516 g/mol. The van der Waals surface area contributed by atoms with Crippen LogP contribution < -0.4 is 0 Å². The lowest BCUT2D eigenvalue weighted by atomic mass is 9.99. The van der Waals surface area contributed by atoms with Crippen LogP contribution >= 0.6 is 0 Å². The maximum Gasteiger partial charge on any atom is 0.523 e. The Morgan fingerprint density at radius 1 is 0.812 bits per heavy atom. The highest BCUT2D eigenvalue weighted by Gasteiger charge is 2.57. The van der Waals surface area contributed by atoms with Gasteiger partial charge in [0, 0.05) is 5.56 Å². The minimum absolute atomic E-state index is 0.328. The van der Waals surface area contributed by atoms with Crippen molar-refractivity contribution in [2.45, 2.75) is 41.7 Å². The van der Waals surface area contributed by atoms with Crippen LogP contribution in [0.2, 0.25) is 0 Å². The summed E-state index contributed by atoms with van der Waals surface area (Å²) in [5.41, 5.74) is -11.6. The summed E-state index contributed by atoms with van der Waals surface area (Å²) in [7, 11) is -12.7. The van der Waals surface area contributed by atoms with Crippen molar-refractivity contribution >= 4 is 20.2 Å². The zero-order chi connectivity index (χ0) is 23.9. The van der Waals surface area contributed by atoms with Gasteiger partial charge in [0.15, 0.2) is 6.29 Å². The standard InChI is InChI=1S/C15H14F6O9S2/c16-14(17,18)31(22,23)29-10-7-26-9-6-27-13(8-4-2-1-3-5-8)28-11(9)12(10)30-32(24,25)15(19,20)21/h1-5,9-13H,6-7H2/t9-,10+,11?,12-,13-/m1/s1. The van der Waals surface area contributed by atoms with Crippen LogP contribution in [-0.4, -0.2) is 65.5 Å². The summed E-state index contributed by atoms with van der Waals surface area (Å²) in [6.45, 7) is -1.44. The van der Waals surface area contributed by atoms with E-state index in [-0.39, 0.29) is 6.61 Å². The van der Waals surface area contributed by atoms with Crippen molar-refractivity contribution in [1.29, 1.82) is 0 Å². The second kappa shape index (κ2) is 8.69. The Morgan fingerprint density at radius 2 is 1.38 bits per heavy atom. The third kappa shape index (κ3) is 5.18. The van der Waals surface area contributed by atoms with Gasteiger partial charge in [-0.2, -0.15) is 43.2 Å². The van der Waals surface area contributed by atoms with Gasteiger partial charge in [-0.05, 0) is 0 Å². The van der Waals surface area contributed by atoms with Crippen LogP contribution in [0.1, 0.15) is 11.9 Å². The molecule has 32 heavy (non-hydrogen) atoms. The molecule has 0 aliphatic carbocycles. The molecular formula is C15H14F6O9S2. The second-order valence-corrected chi connectivity index (χ2v) is 9.67. The second-order valence-electron chi connectivity index (χ2n) is 6.54. The molecule has 0 N–H and O–H groups in total. The zero-order valence-electron chi connectivity index (χ0n) is 15.4. The molecule has 0 saturated carbocycles. The summed E-state index contributed by atoms with van der Waals surface area (Å²) in [6, 6.07) is 7.69. The van der Waals surface area contributed by atoms with Gasteiger partial charge in [-0.15, -0.1) is 0 Å². The molecule has 0 radical (unpaired) electrons. The zero-order valence-corrected chi connectivity index (χ0v) is 17.1. The maximum absolute atomic E-state index is 12.9. The van der Waals surface area contributed by atoms with Crippen molar-refractivity contribution in [2.24, 2.45) is 0 Å². The fraction of sp³-hybridized carbons (Fsp3) is 0.600. The van der Waals surface area contributed by atoms with Crippen LogP contribution in [-0.2, 0) is 42.8 Å². The van der Waals surface area contributed by atoms with E-state index in [9.17, 15) is 43.2 Å². The Hall–Kier alpha value is -1.50. The Morgan fingerprint density at radius 3 is 1.94 bits per heavy atom. The summed E-state index contributed by atoms with van der Waals surface area (Å²) in [6.07, 6.45) is -9.29. The summed E-state index contributed by atoms with van der Waals surface area (Å²) in [5, 5.41) is 0. The van der Waals surface area contributed by atoms with Gasteiger partial charge in [0.1, 0.15) is 24.4 Å². The van der Waals surface area contributed by atoms with Crippen LogP contribution in [0.5, 0.6) is 0 Å². The lowest BCUT2D eigenvalue weighted by Gasteiger charge is -2.45. The normalized spacial score (nSPS) is 30.0. The van der Waals surface area contributed by atoms with E-state index in [1.807, 2.05) is 0 Å². The van der Waals surface area contributed by atoms with E-state index in [4.69, 9.17) is 14.2 Å². The SMILES string of the molecule is O=S(=O)(O[C@H]1CO[C@@H]2CO[C@@H](c3ccccc3)OC2[C@@H]1OS(=O)(=O)C(F)(F)F)C(F)(F)F. The highest BCUT2D eigenvalue weighted by atomic mass is 32.2. The Bertz CT molecular complexity index is 1010. The van der Waals surface area contributed by atoms with Crippen molar-refractivity contribution in [3.8, 4) is 0 Å². The van der Waals surface area contributed by atoms with Gasteiger partial charge in [-0.25, -0.2) is 0 Å². The lowest BCUT2D eigenvalue weighted by molar-refractivity contribution is -0.308. The van der Waals surface area contributed by atoms with Gasteiger partial charge in [0.2, 0.25) is 0 Å². The first kappa shape index (κ1) is 25.1. The molecule has 1 aromatic carbocycles. The first-order valence-electron chi connectivity index (χ1n) is 8.55. The van der Waals surface area contributed by atoms with E-state index in [2.05, 4.69) is 8.37 Å². The quantitative estimate of drug-likeness (QED) is 0.329. The van der Waals surface area contributed by atoms with Gasteiger partial charge in [0.25, 0.3) is 0 Å². The van der Waals surface area contributed by atoms with Crippen molar-refractivity contribution in [3.05, 3.63) is 35.9 Å². The Balaban J connectivity index is 1.95. The van der Waals surface area contributed by atoms with Crippen molar-refractivity contribution in [2.75, 3.05) is 13.2 Å². The molecule has 0 aromatic heterocycles. The molecule has 17 heteroatoms. The predicted molar refractivity (Wildman–Crippen MR) is 89.4 cm³/mol. The number of hydrogen-bond donors (Lipinski definition) is 0. The fourth-order valence-corrected chi connectivity index (χ4v) is 4.14. The van der Waals surface area contributed by atoms with Gasteiger partial charge >= 0.3 is 31.3 Å². The van der Waals surface area contributed by atoms with Crippen LogP contribution in [0.4, 0.5) is 26.3 Å². The van der Waals surface area contributed by atoms with Crippen LogP contribution in [0.3, 0.4) is 0 Å². The molecule has 2 saturated heterocycles. The average molecular weight is 516 g/mol. The predicted octanol–water partition coefficient (Wildman–Crippen LogP) is 1.97. The number of hydrogen-bond acceptors (Lipinski definition) is 9. The van der Waals surface area contributed by atoms with Crippen molar-refractivity contribution in [1.82, 2.24) is 0 Å². The molecule has 5 atom stereocenters. The lowest BCUT2D eigenvalue weighted by Crippen LogP contribution is -2.61. The number of halogens is 6. The molecule has 2 aliphatic heterocycles. The number of alkyl halides is 6. The van der Waals surface area contributed by atoms with Gasteiger partial charge < -0.3 is 14.2 Å². The summed E-state index contributed by atoms with van der Waals surface area (Å²) in [5.74, 6) is 0. The van der Waals surface area contributed by atoms with E-state index in [0.717, 1.165) is 0 Å². The first-order chi connectivity index (χ1) is 14.6. The highest BCUT2D eigenvalue weighted by Crippen LogP contribution is 2.38. The number of fused-ring (bicyclic) bond motifs is 1. The van der Waals surface area contributed by atoms with Crippen molar-refractivity contribution < 1.29 is 65.8 Å². The summed E-state index contributed by atoms with van der Waals surface area (Å²) in [4.78, 5) is 0. The van der Waals surface area contributed by atoms with Crippen LogP contribution in [0.25, 0.3) is 0 Å². The van der Waals surface area contributed by atoms with E-state index in [1.54, 1.807) is 18.2 Å². The molecule has 2 heterocycles. The first-order valence-corrected chi connectivity index (χ1v) is 11.4. The molecule has 2 fully saturated rings. The molecule has 1 aromatic rings.